The molecule has 2 amide bonds. The zero-order chi connectivity index (χ0) is 17.8. The van der Waals surface area contributed by atoms with Crippen LogP contribution in [0, 0.1) is 0 Å². The van der Waals surface area contributed by atoms with Crippen molar-refractivity contribution in [1.29, 1.82) is 0 Å². The maximum Gasteiger partial charge on any atom is 0.265 e. The molecule has 0 bridgehead atoms. The summed E-state index contributed by atoms with van der Waals surface area (Å²) in [5.41, 5.74) is 2.53. The van der Waals surface area contributed by atoms with E-state index in [2.05, 4.69) is 19.2 Å². The van der Waals surface area contributed by atoms with E-state index in [0.717, 1.165) is 17.7 Å². The summed E-state index contributed by atoms with van der Waals surface area (Å²) in [5.74, 6) is 0.530. The number of para-hydroxylation sites is 3. The molecule has 0 unspecified atom stereocenters. The van der Waals surface area contributed by atoms with Crippen LogP contribution in [0.4, 0.5) is 11.4 Å². The lowest BCUT2D eigenvalue weighted by Gasteiger charge is -2.28. The molecule has 1 N–H and O–H groups in total. The molecule has 1 aliphatic heterocycles. The topological polar surface area (TPSA) is 58.6 Å². The first-order valence-electron chi connectivity index (χ1n) is 8.51. The monoisotopic (exact) mass is 338 g/mol. The van der Waals surface area contributed by atoms with Gasteiger partial charge in [-0.15, -0.1) is 0 Å². The summed E-state index contributed by atoms with van der Waals surface area (Å²) in [7, 11) is 0. The lowest BCUT2D eigenvalue weighted by molar-refractivity contribution is -0.123. The molecule has 25 heavy (non-hydrogen) atoms. The SMILES string of the molecule is CC[C@H](C)c1ccccc1NC(=O)CN1C(=O)COc2ccccc21. The van der Waals surface area contributed by atoms with Gasteiger partial charge in [-0.25, -0.2) is 0 Å². The molecule has 2 aromatic rings. The average Bonchev–Trinajstić information content (AvgIpc) is 2.64. The van der Waals surface area contributed by atoms with Crippen LogP contribution in [0.3, 0.4) is 0 Å². The Labute approximate surface area is 147 Å². The Balaban J connectivity index is 1.77. The average molecular weight is 338 g/mol. The van der Waals surface area contributed by atoms with Crippen LogP contribution in [0.1, 0.15) is 31.7 Å². The van der Waals surface area contributed by atoms with Gasteiger partial charge in [0.05, 0.1) is 5.69 Å². The summed E-state index contributed by atoms with van der Waals surface area (Å²) in [5, 5.41) is 2.95. The minimum absolute atomic E-state index is 0.0337. The quantitative estimate of drug-likeness (QED) is 0.907. The molecule has 1 atom stereocenters. The van der Waals surface area contributed by atoms with E-state index in [9.17, 15) is 9.59 Å². The maximum atomic E-state index is 12.6. The lowest BCUT2D eigenvalue weighted by atomic mass is 9.97. The first-order chi connectivity index (χ1) is 12.1. The van der Waals surface area contributed by atoms with Gasteiger partial charge in [-0.2, -0.15) is 0 Å². The Kier molecular flexibility index (Phi) is 5.03. The number of ether oxygens (including phenoxy) is 1. The highest BCUT2D eigenvalue weighted by atomic mass is 16.5. The molecule has 130 valence electrons. The van der Waals surface area contributed by atoms with Gasteiger partial charge >= 0.3 is 0 Å². The van der Waals surface area contributed by atoms with Crippen LogP contribution in [0.2, 0.25) is 0 Å². The summed E-state index contributed by atoms with van der Waals surface area (Å²) in [6, 6.07) is 15.0. The number of benzene rings is 2. The van der Waals surface area contributed by atoms with Gasteiger partial charge in [-0.3, -0.25) is 14.5 Å². The Hall–Kier alpha value is -2.82. The molecule has 0 saturated carbocycles. The molecule has 0 fully saturated rings. The molecular weight excluding hydrogens is 316 g/mol. The van der Waals surface area contributed by atoms with Gasteiger partial charge in [-0.1, -0.05) is 44.2 Å². The van der Waals surface area contributed by atoms with Gasteiger partial charge in [0.2, 0.25) is 5.91 Å². The van der Waals surface area contributed by atoms with Crippen LogP contribution >= 0.6 is 0 Å². The Bertz CT molecular complexity index is 788. The number of amides is 2. The number of carbonyl (C=O) groups excluding carboxylic acids is 2. The largest absolute Gasteiger partial charge is 0.482 e. The van der Waals surface area contributed by atoms with E-state index < -0.39 is 0 Å². The van der Waals surface area contributed by atoms with Gasteiger partial charge in [-0.05, 0) is 36.1 Å². The normalized spacial score (nSPS) is 14.5. The predicted octanol–water partition coefficient (Wildman–Crippen LogP) is 3.56. The van der Waals surface area contributed by atoms with E-state index >= 15 is 0 Å². The van der Waals surface area contributed by atoms with Crippen molar-refractivity contribution in [3.05, 3.63) is 54.1 Å². The molecule has 0 aliphatic carbocycles. The van der Waals surface area contributed by atoms with Crippen LogP contribution in [-0.2, 0) is 9.59 Å². The minimum Gasteiger partial charge on any atom is -0.482 e. The smallest absolute Gasteiger partial charge is 0.265 e. The van der Waals surface area contributed by atoms with E-state index in [1.54, 1.807) is 12.1 Å². The van der Waals surface area contributed by atoms with Crippen LogP contribution in [-0.4, -0.2) is 25.0 Å². The predicted molar refractivity (Wildman–Crippen MR) is 98.1 cm³/mol. The van der Waals surface area contributed by atoms with Crippen molar-refractivity contribution < 1.29 is 14.3 Å². The second-order valence-electron chi connectivity index (χ2n) is 6.18. The number of hydrogen-bond acceptors (Lipinski definition) is 3. The highest BCUT2D eigenvalue weighted by molar-refractivity contribution is 6.05. The molecule has 3 rings (SSSR count). The van der Waals surface area contributed by atoms with E-state index in [1.165, 1.54) is 4.90 Å². The highest BCUT2D eigenvalue weighted by Gasteiger charge is 2.27. The number of rotatable bonds is 5. The first kappa shape index (κ1) is 17.0. The van der Waals surface area contributed by atoms with Gasteiger partial charge in [0.15, 0.2) is 6.61 Å². The summed E-state index contributed by atoms with van der Waals surface area (Å²) in [4.78, 5) is 26.2. The zero-order valence-electron chi connectivity index (χ0n) is 14.5. The summed E-state index contributed by atoms with van der Waals surface area (Å²) >= 11 is 0. The van der Waals surface area contributed by atoms with Crippen molar-refractivity contribution >= 4 is 23.2 Å². The van der Waals surface area contributed by atoms with E-state index in [0.29, 0.717) is 17.4 Å². The van der Waals surface area contributed by atoms with Gasteiger partial charge < -0.3 is 10.1 Å². The number of carbonyl (C=O) groups is 2. The molecule has 5 heteroatoms. The van der Waals surface area contributed by atoms with E-state index in [4.69, 9.17) is 4.74 Å². The molecule has 0 spiro atoms. The molecule has 0 aromatic heterocycles. The van der Waals surface area contributed by atoms with Crippen molar-refractivity contribution in [2.24, 2.45) is 0 Å². The van der Waals surface area contributed by atoms with Crippen molar-refractivity contribution in [1.82, 2.24) is 0 Å². The highest BCUT2D eigenvalue weighted by Crippen LogP contribution is 2.31. The van der Waals surface area contributed by atoms with Crippen molar-refractivity contribution in [3.8, 4) is 5.75 Å². The van der Waals surface area contributed by atoms with Crippen LogP contribution in [0.25, 0.3) is 0 Å². The number of hydrogen-bond donors (Lipinski definition) is 1. The third kappa shape index (κ3) is 3.65. The maximum absolute atomic E-state index is 12.6. The van der Waals surface area contributed by atoms with Crippen LogP contribution in [0.5, 0.6) is 5.75 Å². The van der Waals surface area contributed by atoms with Crippen LogP contribution in [0.15, 0.2) is 48.5 Å². The Morgan fingerprint density at radius 2 is 1.92 bits per heavy atom. The third-order valence-corrected chi connectivity index (χ3v) is 4.49. The third-order valence-electron chi connectivity index (χ3n) is 4.49. The molecule has 0 saturated heterocycles. The van der Waals surface area contributed by atoms with Gasteiger partial charge in [0.25, 0.3) is 5.91 Å². The first-order valence-corrected chi connectivity index (χ1v) is 8.51. The number of anilines is 2. The number of nitrogens with one attached hydrogen (secondary N) is 1. The fourth-order valence-corrected chi connectivity index (χ4v) is 2.92. The second-order valence-corrected chi connectivity index (χ2v) is 6.18. The summed E-state index contributed by atoms with van der Waals surface area (Å²) < 4.78 is 5.41. The molecule has 1 heterocycles. The lowest BCUT2D eigenvalue weighted by Crippen LogP contribution is -2.43. The van der Waals surface area contributed by atoms with Crippen LogP contribution < -0.4 is 15.0 Å². The molecule has 2 aromatic carbocycles. The van der Waals surface area contributed by atoms with Crippen molar-refractivity contribution in [3.63, 3.8) is 0 Å². The Morgan fingerprint density at radius 3 is 2.72 bits per heavy atom. The van der Waals surface area contributed by atoms with Gasteiger partial charge in [0.1, 0.15) is 12.3 Å². The molecule has 5 nitrogen and oxygen atoms in total. The fraction of sp³-hybridized carbons (Fsp3) is 0.300. The fourth-order valence-electron chi connectivity index (χ4n) is 2.92. The second kappa shape index (κ2) is 7.38. The standard InChI is InChI=1S/C20H22N2O3/c1-3-14(2)15-8-4-5-9-16(15)21-19(23)12-22-17-10-6-7-11-18(17)25-13-20(22)24/h4-11,14H,3,12-13H2,1-2H3,(H,21,23)/t14-/m0/s1. The van der Waals surface area contributed by atoms with E-state index in [1.807, 2.05) is 36.4 Å². The molecule has 1 aliphatic rings. The zero-order valence-corrected chi connectivity index (χ0v) is 14.5. The minimum atomic E-state index is -0.221. The van der Waals surface area contributed by atoms with E-state index in [-0.39, 0.29) is 25.0 Å². The number of fused-ring (bicyclic) bond motifs is 1. The van der Waals surface area contributed by atoms with Crippen molar-refractivity contribution in [2.45, 2.75) is 26.2 Å². The van der Waals surface area contributed by atoms with Gasteiger partial charge in [0, 0.05) is 5.69 Å². The Morgan fingerprint density at radius 1 is 1.20 bits per heavy atom. The molecular formula is C20H22N2O3. The van der Waals surface area contributed by atoms with Crippen molar-refractivity contribution in [2.75, 3.05) is 23.4 Å². The molecule has 0 radical (unpaired) electrons. The number of nitrogens with zero attached hydrogens (tertiary/aromatic N) is 1. The summed E-state index contributed by atoms with van der Waals surface area (Å²) in [6.07, 6.45) is 0.988. The summed E-state index contributed by atoms with van der Waals surface area (Å²) in [6.45, 7) is 4.17.